The van der Waals surface area contributed by atoms with E-state index in [-0.39, 0.29) is 17.9 Å². The van der Waals surface area contributed by atoms with Gasteiger partial charge in [-0.3, -0.25) is 9.59 Å². The Kier molecular flexibility index (Phi) is 4.20. The number of ether oxygens (including phenoxy) is 1. The summed E-state index contributed by atoms with van der Waals surface area (Å²) >= 11 is 0. The maximum Gasteiger partial charge on any atom is 0.303 e. The lowest BCUT2D eigenvalue weighted by Crippen LogP contribution is -2.37. The van der Waals surface area contributed by atoms with Gasteiger partial charge in [-0.1, -0.05) is 72.8 Å². The van der Waals surface area contributed by atoms with E-state index in [4.69, 9.17) is 4.74 Å². The lowest BCUT2D eigenvalue weighted by molar-refractivity contribution is -0.153. The van der Waals surface area contributed by atoms with E-state index in [2.05, 4.69) is 18.2 Å². The highest BCUT2D eigenvalue weighted by atomic mass is 16.5. The number of esters is 1. The molecule has 1 amide bonds. The first-order valence-electron chi connectivity index (χ1n) is 9.87. The van der Waals surface area contributed by atoms with Gasteiger partial charge in [-0.2, -0.15) is 0 Å². The number of hydrogen-bond acceptors (Lipinski definition) is 3. The van der Waals surface area contributed by atoms with Crippen molar-refractivity contribution in [3.8, 4) is 0 Å². The van der Waals surface area contributed by atoms with Crippen molar-refractivity contribution in [1.82, 2.24) is 0 Å². The fraction of sp³-hybridized carbons (Fsp3) is 0.200. The van der Waals surface area contributed by atoms with E-state index in [0.29, 0.717) is 5.56 Å². The molecule has 0 saturated carbocycles. The van der Waals surface area contributed by atoms with Crippen LogP contribution in [0.5, 0.6) is 0 Å². The summed E-state index contributed by atoms with van der Waals surface area (Å²) in [5, 5.41) is 0. The number of fused-ring (bicyclic) bond motifs is 5. The lowest BCUT2D eigenvalue weighted by atomic mass is 9.96. The van der Waals surface area contributed by atoms with Crippen molar-refractivity contribution < 1.29 is 14.3 Å². The van der Waals surface area contributed by atoms with Crippen molar-refractivity contribution >= 4 is 17.6 Å². The van der Waals surface area contributed by atoms with E-state index in [1.807, 2.05) is 65.6 Å². The van der Waals surface area contributed by atoms with Crippen LogP contribution in [-0.2, 0) is 20.7 Å². The van der Waals surface area contributed by atoms with Gasteiger partial charge in [0.1, 0.15) is 0 Å². The Bertz CT molecular complexity index is 1090. The zero-order chi connectivity index (χ0) is 20.0. The van der Waals surface area contributed by atoms with Crippen LogP contribution < -0.4 is 4.90 Å². The second-order valence-electron chi connectivity index (χ2n) is 7.62. The molecule has 3 aromatic rings. The first-order valence-corrected chi connectivity index (χ1v) is 9.87. The predicted octanol–water partition coefficient (Wildman–Crippen LogP) is 4.72. The smallest absolute Gasteiger partial charge is 0.303 e. The molecule has 1 heterocycles. The maximum atomic E-state index is 13.8. The van der Waals surface area contributed by atoms with Crippen molar-refractivity contribution in [2.45, 2.75) is 31.4 Å². The Morgan fingerprint density at radius 1 is 0.897 bits per heavy atom. The number of carbonyl (C=O) groups is 2. The van der Waals surface area contributed by atoms with Gasteiger partial charge < -0.3 is 9.64 Å². The van der Waals surface area contributed by atoms with Crippen LogP contribution in [0.1, 0.15) is 47.2 Å². The molecule has 0 aromatic heterocycles. The quantitative estimate of drug-likeness (QED) is 0.615. The Labute approximate surface area is 169 Å². The number of carbonyl (C=O) groups excluding carboxylic acids is 2. The third-order valence-electron chi connectivity index (χ3n) is 5.92. The standard InChI is InChI=1S/C25H21NO3/c1-16(27)29-24(17-9-3-2-4-10-17)25(28)26-22-14-8-7-13-20(22)21-15-18-11-5-6-12-19(18)23(21)26/h2-14,21,23-24H,15H2,1H3/t21-,23+,24-/m0/s1. The average Bonchev–Trinajstić information content (AvgIpc) is 3.27. The van der Waals surface area contributed by atoms with Gasteiger partial charge in [0.15, 0.2) is 0 Å². The van der Waals surface area contributed by atoms with Gasteiger partial charge in [0.25, 0.3) is 5.91 Å². The molecule has 0 saturated heterocycles. The fourth-order valence-corrected chi connectivity index (χ4v) is 4.78. The van der Waals surface area contributed by atoms with Crippen molar-refractivity contribution in [1.29, 1.82) is 0 Å². The molecule has 0 fully saturated rings. The third-order valence-corrected chi connectivity index (χ3v) is 5.92. The van der Waals surface area contributed by atoms with Gasteiger partial charge in [-0.25, -0.2) is 0 Å². The Hall–Kier alpha value is -3.40. The van der Waals surface area contributed by atoms with E-state index >= 15 is 0 Å². The van der Waals surface area contributed by atoms with Crippen LogP contribution in [0.3, 0.4) is 0 Å². The predicted molar refractivity (Wildman–Crippen MR) is 111 cm³/mol. The summed E-state index contributed by atoms with van der Waals surface area (Å²) in [5.74, 6) is -0.451. The van der Waals surface area contributed by atoms with Crippen LogP contribution in [-0.4, -0.2) is 11.9 Å². The second kappa shape index (κ2) is 6.89. The number of nitrogens with zero attached hydrogens (tertiary/aromatic N) is 1. The number of hydrogen-bond donors (Lipinski definition) is 0. The summed E-state index contributed by atoms with van der Waals surface area (Å²) in [4.78, 5) is 27.5. The molecule has 1 aliphatic heterocycles. The molecular formula is C25H21NO3. The first-order chi connectivity index (χ1) is 14.1. The SMILES string of the molecule is CC(=O)O[C@H](C(=O)N1c2ccccc2[C@@H]2Cc3ccccc3[C@H]21)c1ccccc1. The maximum absolute atomic E-state index is 13.8. The van der Waals surface area contributed by atoms with Gasteiger partial charge in [-0.15, -0.1) is 0 Å². The van der Waals surface area contributed by atoms with Crippen LogP contribution in [0.15, 0.2) is 78.9 Å². The minimum absolute atomic E-state index is 0.0714. The highest BCUT2D eigenvalue weighted by Gasteiger charge is 2.48. The minimum Gasteiger partial charge on any atom is -0.447 e. The van der Waals surface area contributed by atoms with Crippen LogP contribution in [0.4, 0.5) is 5.69 Å². The van der Waals surface area contributed by atoms with E-state index in [1.54, 1.807) is 0 Å². The molecule has 3 aromatic carbocycles. The summed E-state index contributed by atoms with van der Waals surface area (Å²) in [5.41, 5.74) is 5.22. The molecule has 0 spiro atoms. The normalized spacial score (nSPS) is 19.8. The fourth-order valence-electron chi connectivity index (χ4n) is 4.78. The molecule has 0 radical (unpaired) electrons. The molecule has 2 aliphatic rings. The van der Waals surface area contributed by atoms with Crippen LogP contribution in [0.2, 0.25) is 0 Å². The van der Waals surface area contributed by atoms with E-state index in [1.165, 1.54) is 23.6 Å². The summed E-state index contributed by atoms with van der Waals surface area (Å²) in [7, 11) is 0. The summed E-state index contributed by atoms with van der Waals surface area (Å²) < 4.78 is 5.53. The van der Waals surface area contributed by atoms with Crippen LogP contribution in [0, 0.1) is 0 Å². The van der Waals surface area contributed by atoms with Crippen molar-refractivity contribution in [2.75, 3.05) is 4.90 Å². The summed E-state index contributed by atoms with van der Waals surface area (Å²) in [6.45, 7) is 1.34. The molecule has 4 heteroatoms. The molecule has 0 bridgehead atoms. The van der Waals surface area contributed by atoms with Crippen LogP contribution in [0.25, 0.3) is 0 Å². The molecule has 0 N–H and O–H groups in total. The third kappa shape index (κ3) is 2.83. The molecule has 0 unspecified atom stereocenters. The number of anilines is 1. The zero-order valence-corrected chi connectivity index (χ0v) is 16.1. The van der Waals surface area contributed by atoms with Gasteiger partial charge in [0, 0.05) is 24.1 Å². The number of benzene rings is 3. The molecule has 4 nitrogen and oxygen atoms in total. The number of para-hydroxylation sites is 1. The van der Waals surface area contributed by atoms with Crippen molar-refractivity contribution in [3.63, 3.8) is 0 Å². The Morgan fingerprint density at radius 3 is 2.31 bits per heavy atom. The van der Waals surface area contributed by atoms with Gasteiger partial charge >= 0.3 is 5.97 Å². The van der Waals surface area contributed by atoms with Gasteiger partial charge in [0.2, 0.25) is 6.10 Å². The second-order valence-corrected chi connectivity index (χ2v) is 7.62. The monoisotopic (exact) mass is 383 g/mol. The molecule has 1 aliphatic carbocycles. The van der Waals surface area contributed by atoms with Crippen molar-refractivity contribution in [3.05, 3.63) is 101 Å². The largest absolute Gasteiger partial charge is 0.447 e. The zero-order valence-electron chi connectivity index (χ0n) is 16.1. The van der Waals surface area contributed by atoms with E-state index in [9.17, 15) is 9.59 Å². The highest BCUT2D eigenvalue weighted by Crippen LogP contribution is 2.55. The Morgan fingerprint density at radius 2 is 1.55 bits per heavy atom. The van der Waals surface area contributed by atoms with Gasteiger partial charge in [-0.05, 0) is 29.2 Å². The molecule has 29 heavy (non-hydrogen) atoms. The van der Waals surface area contributed by atoms with Gasteiger partial charge in [0.05, 0.1) is 6.04 Å². The Balaban J connectivity index is 1.62. The lowest BCUT2D eigenvalue weighted by Gasteiger charge is -2.29. The topological polar surface area (TPSA) is 46.6 Å². The molecule has 3 atom stereocenters. The molecule has 5 rings (SSSR count). The van der Waals surface area contributed by atoms with Crippen LogP contribution >= 0.6 is 0 Å². The number of amides is 1. The highest BCUT2D eigenvalue weighted by molar-refractivity contribution is 6.01. The molecular weight excluding hydrogens is 362 g/mol. The van der Waals surface area contributed by atoms with E-state index in [0.717, 1.165) is 12.1 Å². The summed E-state index contributed by atoms with van der Waals surface area (Å²) in [6, 6.07) is 25.6. The summed E-state index contributed by atoms with van der Waals surface area (Å²) in [6.07, 6.45) is -0.0566. The number of rotatable bonds is 3. The van der Waals surface area contributed by atoms with E-state index < -0.39 is 12.1 Å². The molecule has 144 valence electrons. The minimum atomic E-state index is -0.965. The van der Waals surface area contributed by atoms with Crippen molar-refractivity contribution in [2.24, 2.45) is 0 Å². The average molecular weight is 383 g/mol. The first kappa shape index (κ1) is 17.7.